The number of ether oxygens (including phenoxy) is 1. The number of hydrogen-bond acceptors (Lipinski definition) is 6. The van der Waals surface area contributed by atoms with Gasteiger partial charge in [0.05, 0.1) is 0 Å². The topological polar surface area (TPSA) is 95.3 Å². The Balaban J connectivity index is 0.000000982. The van der Waals surface area contributed by atoms with Crippen molar-refractivity contribution < 1.29 is 23.4 Å². The van der Waals surface area contributed by atoms with Crippen LogP contribution in [0.4, 0.5) is 20.3 Å². The van der Waals surface area contributed by atoms with Gasteiger partial charge in [-0.15, -0.1) is 0 Å². The maximum Gasteiger partial charge on any atom is 0.408 e. The summed E-state index contributed by atoms with van der Waals surface area (Å²) in [6, 6.07) is 7.79. The van der Waals surface area contributed by atoms with Crippen molar-refractivity contribution in [3.05, 3.63) is 60.3 Å². The van der Waals surface area contributed by atoms with Crippen LogP contribution in [0.1, 0.15) is 58.6 Å². The lowest BCUT2D eigenvalue weighted by Crippen LogP contribution is -2.14. The van der Waals surface area contributed by atoms with Crippen LogP contribution in [-0.2, 0) is 11.2 Å². The number of allylic oxidation sites excluding steroid dienone is 1. The van der Waals surface area contributed by atoms with E-state index in [9.17, 15) is 18.7 Å². The third-order valence-corrected chi connectivity index (χ3v) is 4.86. The molecule has 194 valence electrons. The van der Waals surface area contributed by atoms with E-state index >= 15 is 0 Å². The lowest BCUT2D eigenvalue weighted by atomic mass is 10.0. The highest BCUT2D eigenvalue weighted by Gasteiger charge is 2.23. The Kier molecular flexibility index (Phi) is 15.5. The van der Waals surface area contributed by atoms with Crippen LogP contribution in [0.25, 0.3) is 0 Å². The van der Waals surface area contributed by atoms with E-state index in [0.717, 1.165) is 12.0 Å². The molecule has 0 amide bonds. The first kappa shape index (κ1) is 32.3. The average Bonchev–Trinajstić information content (AvgIpc) is 2.85. The maximum atomic E-state index is 12.8. The van der Waals surface area contributed by atoms with Crippen molar-refractivity contribution in [3.63, 3.8) is 0 Å². The molecule has 0 spiro atoms. The largest absolute Gasteiger partial charge is 0.430 e. The zero-order valence-corrected chi connectivity index (χ0v) is 22.4. The SMILES string of the molecule is C=CC(=O)C(C)CC.CC.CCC(=N)c1c(CCO)ccnc1Nc1ccc(OC(F)(F)P)cc1. The maximum absolute atomic E-state index is 12.8. The Hall–Kier alpha value is -2.70. The minimum atomic E-state index is -3.32. The zero-order valence-electron chi connectivity index (χ0n) is 21.2. The Morgan fingerprint density at radius 1 is 1.29 bits per heavy atom. The Morgan fingerprint density at radius 2 is 1.89 bits per heavy atom. The summed E-state index contributed by atoms with van der Waals surface area (Å²) in [6.07, 6.45) is 4.84. The number of nitrogens with zero attached hydrogens (tertiary/aromatic N) is 1. The van der Waals surface area contributed by atoms with Gasteiger partial charge in [-0.25, -0.2) is 4.98 Å². The molecule has 2 unspecified atom stereocenters. The fraction of sp³-hybridized carbons (Fsp3) is 0.423. The molecule has 0 aliphatic rings. The number of ketones is 1. The number of anilines is 2. The number of aromatic nitrogens is 1. The molecule has 1 heterocycles. The van der Waals surface area contributed by atoms with Crippen LogP contribution in [0, 0.1) is 11.3 Å². The van der Waals surface area contributed by atoms with E-state index < -0.39 is 5.85 Å². The van der Waals surface area contributed by atoms with Crippen molar-refractivity contribution >= 4 is 32.2 Å². The molecule has 35 heavy (non-hydrogen) atoms. The van der Waals surface area contributed by atoms with Gasteiger partial charge in [-0.05, 0) is 70.5 Å². The molecule has 0 saturated heterocycles. The summed E-state index contributed by atoms with van der Waals surface area (Å²) in [5, 5.41) is 20.5. The van der Waals surface area contributed by atoms with Crippen LogP contribution in [0.15, 0.2) is 49.2 Å². The lowest BCUT2D eigenvalue weighted by molar-refractivity contribution is -0.117. The number of carbonyl (C=O) groups is 1. The molecule has 3 N–H and O–H groups in total. The Labute approximate surface area is 209 Å². The van der Waals surface area contributed by atoms with Gasteiger partial charge in [-0.1, -0.05) is 41.2 Å². The smallest absolute Gasteiger partial charge is 0.408 e. The summed E-state index contributed by atoms with van der Waals surface area (Å²) in [5.41, 5.74) is 2.50. The molecule has 2 aromatic rings. The Bertz CT molecular complexity index is 932. The van der Waals surface area contributed by atoms with Crippen molar-refractivity contribution in [3.8, 4) is 5.75 Å². The fourth-order valence-electron chi connectivity index (χ4n) is 2.74. The summed E-state index contributed by atoms with van der Waals surface area (Å²) >= 11 is 0. The van der Waals surface area contributed by atoms with Gasteiger partial charge >= 0.3 is 5.85 Å². The van der Waals surface area contributed by atoms with E-state index in [1.54, 1.807) is 24.4 Å². The van der Waals surface area contributed by atoms with Crippen LogP contribution >= 0.6 is 9.24 Å². The number of halogens is 2. The van der Waals surface area contributed by atoms with E-state index in [1.807, 2.05) is 34.6 Å². The molecular weight excluding hydrogens is 471 g/mol. The third-order valence-electron chi connectivity index (χ3n) is 4.74. The van der Waals surface area contributed by atoms with E-state index in [-0.39, 0.29) is 24.1 Å². The molecule has 0 aliphatic heterocycles. The van der Waals surface area contributed by atoms with Crippen LogP contribution in [0.3, 0.4) is 0 Å². The molecule has 6 nitrogen and oxygen atoms in total. The number of aliphatic hydroxyl groups excluding tert-OH is 1. The van der Waals surface area contributed by atoms with Crippen molar-refractivity contribution in [2.75, 3.05) is 11.9 Å². The van der Waals surface area contributed by atoms with Gasteiger partial charge in [-0.2, -0.15) is 8.78 Å². The molecule has 0 bridgehead atoms. The van der Waals surface area contributed by atoms with Crippen LogP contribution < -0.4 is 10.1 Å². The number of hydrogen-bond donors (Lipinski definition) is 3. The first-order valence-corrected chi connectivity index (χ1v) is 12.2. The highest BCUT2D eigenvalue weighted by atomic mass is 31.0. The lowest BCUT2D eigenvalue weighted by Gasteiger charge is -2.16. The first-order valence-electron chi connectivity index (χ1n) is 11.6. The van der Waals surface area contributed by atoms with E-state index in [4.69, 9.17) is 5.41 Å². The minimum Gasteiger partial charge on any atom is -0.430 e. The number of nitrogens with one attached hydrogen (secondary N) is 2. The Morgan fingerprint density at radius 3 is 2.31 bits per heavy atom. The second-order valence-electron chi connectivity index (χ2n) is 7.23. The number of pyridine rings is 1. The van der Waals surface area contributed by atoms with Crippen molar-refractivity contribution in [2.24, 2.45) is 5.92 Å². The molecule has 2 rings (SSSR count). The predicted octanol–water partition coefficient (Wildman–Crippen LogP) is 6.76. The van der Waals surface area contributed by atoms with Crippen LogP contribution in [-0.4, -0.2) is 34.0 Å². The predicted molar refractivity (Wildman–Crippen MR) is 143 cm³/mol. The first-order chi connectivity index (χ1) is 16.6. The number of aliphatic hydroxyl groups is 1. The molecule has 0 radical (unpaired) electrons. The number of alkyl halides is 2. The molecule has 0 fully saturated rings. The second kappa shape index (κ2) is 16.8. The summed E-state index contributed by atoms with van der Waals surface area (Å²) in [7, 11) is 1.32. The molecule has 1 aromatic carbocycles. The van der Waals surface area contributed by atoms with Gasteiger partial charge < -0.3 is 20.6 Å². The van der Waals surface area contributed by atoms with E-state index in [1.165, 1.54) is 27.4 Å². The van der Waals surface area contributed by atoms with E-state index in [2.05, 4.69) is 21.6 Å². The van der Waals surface area contributed by atoms with Crippen LogP contribution in [0.5, 0.6) is 5.75 Å². The average molecular weight is 510 g/mol. The van der Waals surface area contributed by atoms with Gasteiger partial charge in [0, 0.05) is 35.7 Å². The normalized spacial score (nSPS) is 11.1. The molecule has 0 aliphatic carbocycles. The quantitative estimate of drug-likeness (QED) is 0.177. The van der Waals surface area contributed by atoms with Crippen molar-refractivity contribution in [1.82, 2.24) is 4.98 Å². The van der Waals surface area contributed by atoms with Crippen molar-refractivity contribution in [2.45, 2.75) is 59.7 Å². The van der Waals surface area contributed by atoms with Gasteiger partial charge in [-0.3, -0.25) is 4.79 Å². The monoisotopic (exact) mass is 509 g/mol. The van der Waals surface area contributed by atoms with Crippen LogP contribution in [0.2, 0.25) is 0 Å². The van der Waals surface area contributed by atoms with Gasteiger partial charge in [0.25, 0.3) is 0 Å². The summed E-state index contributed by atoms with van der Waals surface area (Å²) < 4.78 is 30.1. The summed E-state index contributed by atoms with van der Waals surface area (Å²) in [5.74, 6) is -2.49. The van der Waals surface area contributed by atoms with Gasteiger partial charge in [0.2, 0.25) is 0 Å². The highest BCUT2D eigenvalue weighted by molar-refractivity contribution is 7.17. The fourth-order valence-corrected chi connectivity index (χ4v) is 2.88. The standard InChI is InChI=1S/C17H20F2N3O2P.C7H12O.C2H6/c1-2-14(20)15-11(8-10-23)7-9-21-16(15)22-12-3-5-13(6-4-12)24-17(18,19)25;1-4-6(3)7(8)5-2;1-2/h3-7,9,20,23H,2,8,10,25H2,1H3,(H,21,22);5-6H,2,4H2,1,3H3;1-2H3. The van der Waals surface area contributed by atoms with E-state index in [0.29, 0.717) is 35.6 Å². The number of carbonyl (C=O) groups excluding carboxylic acids is 1. The number of rotatable bonds is 11. The molecule has 0 saturated carbocycles. The summed E-state index contributed by atoms with van der Waals surface area (Å²) in [4.78, 5) is 14.9. The molecular formula is C26H38F2N3O3P. The number of benzene rings is 1. The van der Waals surface area contributed by atoms with Gasteiger partial charge in [0.1, 0.15) is 11.6 Å². The minimum absolute atomic E-state index is 0.0251. The molecule has 2 atom stereocenters. The molecule has 1 aromatic heterocycles. The highest BCUT2D eigenvalue weighted by Crippen LogP contribution is 2.29. The third kappa shape index (κ3) is 12.0. The van der Waals surface area contributed by atoms with Gasteiger partial charge in [0.15, 0.2) is 5.78 Å². The second-order valence-corrected chi connectivity index (χ2v) is 7.90. The zero-order chi connectivity index (χ0) is 27.0. The van der Waals surface area contributed by atoms with Crippen molar-refractivity contribution in [1.29, 1.82) is 5.41 Å². The molecule has 9 heteroatoms. The summed E-state index contributed by atoms with van der Waals surface area (Å²) in [6.45, 7) is 13.1.